The third-order valence-corrected chi connectivity index (χ3v) is 14.1. The summed E-state index contributed by atoms with van der Waals surface area (Å²) >= 11 is 0. The molecule has 7 N–H and O–H groups in total. The summed E-state index contributed by atoms with van der Waals surface area (Å²) in [4.78, 5) is 117. The minimum atomic E-state index is -4.31. The molecule has 0 spiro atoms. The molecule has 3 amide bonds. The predicted molar refractivity (Wildman–Crippen MR) is 329 cm³/mol. The number of carboxylic acid groups (broad SMARTS) is 1. The van der Waals surface area contributed by atoms with Crippen molar-refractivity contribution in [2.45, 2.75) is 151 Å². The number of ether oxygens (including phenoxy) is 6. The molecule has 2 unspecified atom stereocenters. The molecule has 1 aromatic carbocycles. The molecule has 2 heterocycles. The van der Waals surface area contributed by atoms with Gasteiger partial charge in [0.15, 0.2) is 5.96 Å². The highest BCUT2D eigenvalue weighted by Gasteiger charge is 2.34. The zero-order chi connectivity index (χ0) is 66.1. The molecule has 3 rings (SSSR count). The Morgan fingerprint density at radius 3 is 1.62 bits per heavy atom. The van der Waals surface area contributed by atoms with Gasteiger partial charge in [0.05, 0.1) is 38.5 Å². The van der Waals surface area contributed by atoms with Gasteiger partial charge in [-0.3, -0.25) is 58.2 Å². The van der Waals surface area contributed by atoms with E-state index in [-0.39, 0.29) is 77.4 Å². The lowest BCUT2D eigenvalue weighted by Gasteiger charge is -2.37. The van der Waals surface area contributed by atoms with Crippen LogP contribution in [0, 0.1) is 5.41 Å². The van der Waals surface area contributed by atoms with Crippen molar-refractivity contribution in [3.05, 3.63) is 29.8 Å². The van der Waals surface area contributed by atoms with Gasteiger partial charge in [-0.2, -0.15) is 4.72 Å². The Kier molecular flexibility index (Phi) is 30.3. The fraction of sp³-hybridized carbons (Fsp3) is 0.746. The lowest BCUT2D eigenvalue weighted by molar-refractivity contribution is -0.163. The topological polar surface area (TPSA) is 344 Å². The summed E-state index contributed by atoms with van der Waals surface area (Å²) in [6.45, 7) is 27.7. The smallest absolute Gasteiger partial charge is 0.407 e. The number of benzene rings is 1. The molecule has 0 bridgehead atoms. The lowest BCUT2D eigenvalue weighted by Crippen LogP contribution is -2.53. The SMILES string of the molecule is CC(C)(CNC(=O)CCC(C(=O)OC(C)(C)C)N1CCN(CC(=O)OC(C)(C)C)CCN(CC(=O)OC(C)(C)C)CCN(CC(=O)OC(C)(C)C)CC1)COC(=O)NCCS(=O)(=O)NC(CNC(=O)c1ccc(OCCNC2=NCCCN2)cc1)C(=O)O. The van der Waals surface area contributed by atoms with Gasteiger partial charge < -0.3 is 60.1 Å². The summed E-state index contributed by atoms with van der Waals surface area (Å²) in [6, 6.07) is 3.39. The number of hydrogen-bond donors (Lipinski definition) is 7. The van der Waals surface area contributed by atoms with Crippen molar-refractivity contribution in [2.24, 2.45) is 10.4 Å². The van der Waals surface area contributed by atoms with Crippen LogP contribution in [0.15, 0.2) is 29.3 Å². The van der Waals surface area contributed by atoms with Gasteiger partial charge in [-0.05, 0) is 120 Å². The number of rotatable bonds is 28. The standard InChI is InChI=1S/C59H101N11O17S/c1-55(2,3)84-47(72)37-67-26-28-68(38-48(73)85-56(4,5)6)30-32-70(33-31-69(29-27-67)39-49(74)86-57(7,8)9)45(52(78)87-58(10,11)12)20-21-46(71)65-40-59(13,14)41-83-54(79)63-25-35-88(80,81)66-44(51(76)77)36-64-50(75)42-16-18-43(19-17-42)82-34-24-62-53-60-22-15-23-61-53/h16-19,44-45,66H,15,20-41H2,1-14H3,(H,63,79)(H,64,75)(H,65,71)(H,76,77)(H2,60,61,62). The number of sulfonamides is 1. The van der Waals surface area contributed by atoms with E-state index in [0.29, 0.717) is 51.0 Å². The van der Waals surface area contributed by atoms with E-state index in [9.17, 15) is 51.9 Å². The number of nitrogens with one attached hydrogen (secondary N) is 6. The number of hydrogen-bond acceptors (Lipinski definition) is 23. The van der Waals surface area contributed by atoms with E-state index in [1.54, 1.807) is 109 Å². The normalized spacial score (nSPS) is 16.5. The van der Waals surface area contributed by atoms with E-state index in [1.165, 1.54) is 12.1 Å². The number of nitrogens with zero attached hydrogens (tertiary/aromatic N) is 5. The number of aliphatic carboxylic acids is 1. The first kappa shape index (κ1) is 75.8. The molecule has 0 saturated carbocycles. The molecule has 0 aromatic heterocycles. The first-order valence-electron chi connectivity index (χ1n) is 30.0. The molecule has 0 radical (unpaired) electrons. The Morgan fingerprint density at radius 1 is 0.659 bits per heavy atom. The molecule has 2 aliphatic heterocycles. The van der Waals surface area contributed by atoms with Crippen molar-refractivity contribution in [1.29, 1.82) is 0 Å². The number of carboxylic acids is 1. The molecule has 1 fully saturated rings. The first-order chi connectivity index (χ1) is 40.7. The van der Waals surface area contributed by atoms with Crippen LogP contribution in [-0.4, -0.2) is 252 Å². The highest BCUT2D eigenvalue weighted by atomic mass is 32.2. The Balaban J connectivity index is 1.63. The zero-order valence-corrected chi connectivity index (χ0v) is 55.2. The van der Waals surface area contributed by atoms with Crippen LogP contribution >= 0.6 is 0 Å². The maximum absolute atomic E-state index is 14.3. The summed E-state index contributed by atoms with van der Waals surface area (Å²) in [5, 5.41) is 23.7. The number of guanidine groups is 1. The van der Waals surface area contributed by atoms with Gasteiger partial charge in [0.1, 0.15) is 46.8 Å². The zero-order valence-electron chi connectivity index (χ0n) is 54.4. The highest BCUT2D eigenvalue weighted by molar-refractivity contribution is 7.89. The van der Waals surface area contributed by atoms with Crippen molar-refractivity contribution < 1.29 is 80.3 Å². The summed E-state index contributed by atoms with van der Waals surface area (Å²) in [5.41, 5.74) is -3.83. The van der Waals surface area contributed by atoms with Crippen LogP contribution in [0.2, 0.25) is 0 Å². The molecule has 1 saturated heterocycles. The Morgan fingerprint density at radius 2 is 1.16 bits per heavy atom. The number of carbonyl (C=O) groups is 8. The Hall–Kier alpha value is -6.40. The Labute approximate surface area is 520 Å². The molecule has 2 aliphatic rings. The fourth-order valence-electron chi connectivity index (χ4n) is 8.62. The molecule has 88 heavy (non-hydrogen) atoms. The largest absolute Gasteiger partial charge is 0.492 e. The van der Waals surface area contributed by atoms with Crippen molar-refractivity contribution in [1.82, 2.24) is 50.9 Å². The minimum Gasteiger partial charge on any atom is -0.492 e. The minimum absolute atomic E-state index is 0.00112. The molecule has 0 aliphatic carbocycles. The quantitative estimate of drug-likeness (QED) is 0.0357. The number of alkyl carbamates (subject to hydrolysis) is 1. The molecular formula is C59H101N11O17S. The van der Waals surface area contributed by atoms with Crippen LogP contribution in [0.1, 0.15) is 127 Å². The van der Waals surface area contributed by atoms with Crippen LogP contribution in [-0.2, 0) is 62.5 Å². The van der Waals surface area contributed by atoms with Crippen LogP contribution in [0.25, 0.3) is 0 Å². The van der Waals surface area contributed by atoms with Crippen LogP contribution in [0.3, 0.4) is 0 Å². The van der Waals surface area contributed by atoms with Gasteiger partial charge in [-0.15, -0.1) is 0 Å². The Bertz CT molecular complexity index is 2550. The first-order valence-corrected chi connectivity index (χ1v) is 31.6. The monoisotopic (exact) mass is 1270 g/mol. The van der Waals surface area contributed by atoms with Gasteiger partial charge in [-0.1, -0.05) is 13.8 Å². The number of esters is 4. The lowest BCUT2D eigenvalue weighted by atomic mass is 9.94. The van der Waals surface area contributed by atoms with E-state index in [0.717, 1.165) is 19.5 Å². The van der Waals surface area contributed by atoms with E-state index >= 15 is 0 Å². The highest BCUT2D eigenvalue weighted by Crippen LogP contribution is 2.20. The average molecular weight is 1270 g/mol. The van der Waals surface area contributed by atoms with Gasteiger partial charge in [0.25, 0.3) is 5.91 Å². The summed E-state index contributed by atoms with van der Waals surface area (Å²) in [5.74, 6) is -4.11. The summed E-state index contributed by atoms with van der Waals surface area (Å²) in [7, 11) is -4.31. The van der Waals surface area contributed by atoms with Crippen molar-refractivity contribution in [3.8, 4) is 5.75 Å². The van der Waals surface area contributed by atoms with E-state index in [1.807, 2.05) is 24.3 Å². The maximum Gasteiger partial charge on any atom is 0.407 e. The fourth-order valence-corrected chi connectivity index (χ4v) is 9.72. The van der Waals surface area contributed by atoms with Gasteiger partial charge in [0, 0.05) is 102 Å². The van der Waals surface area contributed by atoms with Crippen LogP contribution in [0.5, 0.6) is 5.75 Å². The van der Waals surface area contributed by atoms with E-state index in [2.05, 4.69) is 31.6 Å². The second kappa shape index (κ2) is 35.1. The number of carbonyl (C=O) groups excluding carboxylic acids is 7. The molecule has 28 nitrogen and oxygen atoms in total. The van der Waals surface area contributed by atoms with Gasteiger partial charge in [-0.25, -0.2) is 13.2 Å². The second-order valence-corrected chi connectivity index (χ2v) is 28.4. The van der Waals surface area contributed by atoms with E-state index < -0.39 is 117 Å². The van der Waals surface area contributed by atoms with Crippen LogP contribution < -0.4 is 36.0 Å². The molecule has 29 heteroatoms. The third kappa shape index (κ3) is 33.8. The molecular weight excluding hydrogens is 1170 g/mol. The molecule has 1 aromatic rings. The average Bonchev–Trinajstić information content (AvgIpc) is 3.46. The number of aliphatic imine (C=N–C) groups is 1. The van der Waals surface area contributed by atoms with Crippen LogP contribution in [0.4, 0.5) is 4.79 Å². The summed E-state index contributed by atoms with van der Waals surface area (Å²) < 4.78 is 62.0. The van der Waals surface area contributed by atoms with E-state index in [4.69, 9.17) is 28.4 Å². The van der Waals surface area contributed by atoms with Crippen molar-refractivity contribution in [3.63, 3.8) is 0 Å². The maximum atomic E-state index is 14.3. The van der Waals surface area contributed by atoms with Crippen molar-refractivity contribution in [2.75, 3.05) is 130 Å². The predicted octanol–water partition coefficient (Wildman–Crippen LogP) is 1.71. The number of amides is 3. The molecule has 500 valence electrons. The van der Waals surface area contributed by atoms with Gasteiger partial charge >= 0.3 is 35.9 Å². The van der Waals surface area contributed by atoms with Crippen molar-refractivity contribution >= 4 is 63.7 Å². The summed E-state index contributed by atoms with van der Waals surface area (Å²) in [6.07, 6.45) is -0.149. The molecule has 2 atom stereocenters. The third-order valence-electron chi connectivity index (χ3n) is 12.7. The van der Waals surface area contributed by atoms with Gasteiger partial charge in [0.2, 0.25) is 15.9 Å². The second-order valence-electron chi connectivity index (χ2n) is 26.5.